The molecule has 0 bridgehead atoms. The summed E-state index contributed by atoms with van der Waals surface area (Å²) in [5.74, 6) is -1.52. The number of carbonyl (C=O) groups is 2. The van der Waals surface area contributed by atoms with Crippen LogP contribution in [0, 0.1) is 5.82 Å². The number of para-hydroxylation sites is 1. The summed E-state index contributed by atoms with van der Waals surface area (Å²) in [6, 6.07) is 20.7. The van der Waals surface area contributed by atoms with E-state index in [9.17, 15) is 14.0 Å². The number of halogens is 1. The largest absolute Gasteiger partial charge is 0.396 e. The van der Waals surface area contributed by atoms with Gasteiger partial charge in [-0.05, 0) is 48.2 Å². The van der Waals surface area contributed by atoms with Gasteiger partial charge in [-0.2, -0.15) is 0 Å². The second-order valence-electron chi connectivity index (χ2n) is 7.61. The Kier molecular flexibility index (Phi) is 9.57. The molecule has 3 aromatic rings. The third kappa shape index (κ3) is 7.40. The number of hydrogen-bond donors (Lipinski definition) is 4. The molecule has 0 aliphatic rings. The van der Waals surface area contributed by atoms with Crippen LogP contribution in [-0.2, 0) is 18.0 Å². The number of rotatable bonds is 12. The molecule has 0 saturated heterocycles. The minimum absolute atomic E-state index is 0.0457. The molecule has 2 amide bonds. The van der Waals surface area contributed by atoms with Gasteiger partial charge in [-0.3, -0.25) is 14.4 Å². The first-order chi connectivity index (χ1) is 16.6. The number of anilines is 1. The average Bonchev–Trinajstić information content (AvgIpc) is 2.86. The molecule has 3 rings (SSSR count). The first-order valence-corrected chi connectivity index (χ1v) is 11.0. The molecule has 0 atom stereocenters. The van der Waals surface area contributed by atoms with Crippen molar-refractivity contribution in [3.05, 3.63) is 101 Å². The van der Waals surface area contributed by atoms with Gasteiger partial charge in [0.25, 0.3) is 11.8 Å². The number of aliphatic hydroxyl groups is 1. The van der Waals surface area contributed by atoms with Gasteiger partial charge in [0, 0.05) is 25.4 Å². The quantitative estimate of drug-likeness (QED) is 0.241. The van der Waals surface area contributed by atoms with E-state index in [0.717, 1.165) is 5.56 Å². The Bertz CT molecular complexity index is 1090. The molecule has 8 heteroatoms. The maximum absolute atomic E-state index is 14.2. The molecule has 178 valence electrons. The van der Waals surface area contributed by atoms with Gasteiger partial charge in [-0.15, -0.1) is 0 Å². The van der Waals surface area contributed by atoms with Crippen LogP contribution in [-0.4, -0.2) is 30.1 Å². The number of carbonyl (C=O) groups excluding carboxylic acids is 2. The number of hydroxylamine groups is 1. The number of benzene rings is 3. The monoisotopic (exact) mass is 465 g/mol. The smallest absolute Gasteiger partial charge is 0.276 e. The third-order valence-corrected chi connectivity index (χ3v) is 5.05. The molecule has 34 heavy (non-hydrogen) atoms. The van der Waals surface area contributed by atoms with Crippen molar-refractivity contribution in [3.8, 4) is 0 Å². The molecular formula is C26H28FN3O4. The lowest BCUT2D eigenvalue weighted by molar-refractivity contribution is 0.0234. The van der Waals surface area contributed by atoms with Gasteiger partial charge in [-0.1, -0.05) is 48.5 Å². The van der Waals surface area contributed by atoms with Gasteiger partial charge in [-0.25, -0.2) is 9.87 Å². The summed E-state index contributed by atoms with van der Waals surface area (Å²) in [6.07, 6.45) is 1.18. The van der Waals surface area contributed by atoms with E-state index in [2.05, 4.69) is 16.1 Å². The third-order valence-electron chi connectivity index (χ3n) is 5.05. The highest BCUT2D eigenvalue weighted by Gasteiger charge is 2.14. The molecule has 0 radical (unpaired) electrons. The molecule has 0 aliphatic carbocycles. The fraction of sp³-hybridized carbons (Fsp3) is 0.231. The number of aliphatic hydroxyl groups excluding tert-OH is 1. The van der Waals surface area contributed by atoms with Crippen molar-refractivity contribution in [3.63, 3.8) is 0 Å². The summed E-state index contributed by atoms with van der Waals surface area (Å²) in [5, 5.41) is 14.6. The van der Waals surface area contributed by atoms with E-state index in [1.165, 1.54) is 12.1 Å². The Hall–Kier alpha value is -3.75. The van der Waals surface area contributed by atoms with Gasteiger partial charge in [0.15, 0.2) is 0 Å². The zero-order chi connectivity index (χ0) is 24.2. The predicted molar refractivity (Wildman–Crippen MR) is 128 cm³/mol. The van der Waals surface area contributed by atoms with Gasteiger partial charge in [0.05, 0.1) is 17.7 Å². The molecule has 0 aromatic heterocycles. The summed E-state index contributed by atoms with van der Waals surface area (Å²) in [4.78, 5) is 30.2. The Morgan fingerprint density at radius 3 is 2.41 bits per heavy atom. The van der Waals surface area contributed by atoms with Crippen LogP contribution in [0.15, 0.2) is 72.8 Å². The fourth-order valence-electron chi connectivity index (χ4n) is 3.24. The Morgan fingerprint density at radius 1 is 0.853 bits per heavy atom. The van der Waals surface area contributed by atoms with Crippen LogP contribution in [0.1, 0.15) is 44.7 Å². The highest BCUT2D eigenvalue weighted by atomic mass is 19.1. The summed E-state index contributed by atoms with van der Waals surface area (Å²) in [6.45, 7) is 0.920. The van der Waals surface area contributed by atoms with Gasteiger partial charge < -0.3 is 15.7 Å². The van der Waals surface area contributed by atoms with Crippen molar-refractivity contribution >= 4 is 17.5 Å². The normalized spacial score (nSPS) is 10.5. The molecule has 0 spiro atoms. The van der Waals surface area contributed by atoms with E-state index in [0.29, 0.717) is 36.2 Å². The molecule has 0 fully saturated rings. The van der Waals surface area contributed by atoms with Crippen LogP contribution in [0.2, 0.25) is 0 Å². The second kappa shape index (κ2) is 13.1. The van der Waals surface area contributed by atoms with E-state index < -0.39 is 17.6 Å². The van der Waals surface area contributed by atoms with Gasteiger partial charge in [0.1, 0.15) is 5.82 Å². The zero-order valence-electron chi connectivity index (χ0n) is 18.7. The molecular weight excluding hydrogens is 437 g/mol. The van der Waals surface area contributed by atoms with Crippen molar-refractivity contribution in [2.45, 2.75) is 26.0 Å². The van der Waals surface area contributed by atoms with Crippen molar-refractivity contribution in [1.29, 1.82) is 0 Å². The van der Waals surface area contributed by atoms with Crippen LogP contribution in [0.3, 0.4) is 0 Å². The molecule has 0 heterocycles. The fourth-order valence-corrected chi connectivity index (χ4v) is 3.24. The number of hydrogen-bond acceptors (Lipinski definition) is 5. The van der Waals surface area contributed by atoms with Crippen LogP contribution in [0.5, 0.6) is 0 Å². The van der Waals surface area contributed by atoms with Gasteiger partial charge in [0.2, 0.25) is 0 Å². The van der Waals surface area contributed by atoms with Crippen molar-refractivity contribution in [2.24, 2.45) is 0 Å². The first kappa shape index (κ1) is 24.9. The van der Waals surface area contributed by atoms with E-state index in [-0.39, 0.29) is 25.3 Å². The van der Waals surface area contributed by atoms with Crippen LogP contribution in [0.25, 0.3) is 0 Å². The summed E-state index contributed by atoms with van der Waals surface area (Å²) < 4.78 is 14.2. The maximum Gasteiger partial charge on any atom is 0.276 e. The van der Waals surface area contributed by atoms with Crippen molar-refractivity contribution < 1.29 is 23.9 Å². The Morgan fingerprint density at radius 2 is 1.62 bits per heavy atom. The lowest BCUT2D eigenvalue weighted by Crippen LogP contribution is -2.26. The number of unbranched alkanes of at least 4 members (excludes halogenated alkanes) is 1. The van der Waals surface area contributed by atoms with E-state index >= 15 is 0 Å². The highest BCUT2D eigenvalue weighted by Crippen LogP contribution is 2.18. The SMILES string of the molecule is O=C(NCCCCO)c1cc(CNc2ccccc2C(=O)NOCc2ccccc2)ccc1F. The highest BCUT2D eigenvalue weighted by molar-refractivity contribution is 5.99. The lowest BCUT2D eigenvalue weighted by Gasteiger charge is -2.13. The Labute approximate surface area is 197 Å². The zero-order valence-corrected chi connectivity index (χ0v) is 18.7. The van der Waals surface area contributed by atoms with E-state index in [1.807, 2.05) is 30.3 Å². The standard InChI is InChI=1S/C26H28FN3O4/c27-23-13-12-20(16-22(23)25(32)28-14-6-7-15-31)17-29-24-11-5-4-10-21(24)26(33)30-34-18-19-8-2-1-3-9-19/h1-5,8-13,16,29,31H,6-7,14-15,17-18H2,(H,28,32)(H,30,33). The molecule has 7 nitrogen and oxygen atoms in total. The van der Waals surface area contributed by atoms with Crippen molar-refractivity contribution in [1.82, 2.24) is 10.8 Å². The molecule has 0 aliphatic heterocycles. The molecule has 0 saturated carbocycles. The van der Waals surface area contributed by atoms with E-state index in [1.54, 1.807) is 30.3 Å². The summed E-state index contributed by atoms with van der Waals surface area (Å²) in [7, 11) is 0. The van der Waals surface area contributed by atoms with E-state index in [4.69, 9.17) is 9.94 Å². The minimum atomic E-state index is -0.612. The molecule has 0 unspecified atom stereocenters. The topological polar surface area (TPSA) is 99.7 Å². The second-order valence-corrected chi connectivity index (χ2v) is 7.61. The number of amides is 2. The number of nitrogens with one attached hydrogen (secondary N) is 3. The average molecular weight is 466 g/mol. The molecule has 4 N–H and O–H groups in total. The van der Waals surface area contributed by atoms with Crippen LogP contribution >= 0.6 is 0 Å². The van der Waals surface area contributed by atoms with Gasteiger partial charge >= 0.3 is 0 Å². The Balaban J connectivity index is 1.59. The van der Waals surface area contributed by atoms with Crippen LogP contribution < -0.4 is 16.1 Å². The lowest BCUT2D eigenvalue weighted by atomic mass is 10.1. The summed E-state index contributed by atoms with van der Waals surface area (Å²) in [5.41, 5.74) is 4.96. The maximum atomic E-state index is 14.2. The minimum Gasteiger partial charge on any atom is -0.396 e. The predicted octanol–water partition coefficient (Wildman–Crippen LogP) is 3.80. The first-order valence-electron chi connectivity index (χ1n) is 11.0. The molecule has 3 aromatic carbocycles. The van der Waals surface area contributed by atoms with Crippen LogP contribution in [0.4, 0.5) is 10.1 Å². The van der Waals surface area contributed by atoms with Crippen molar-refractivity contribution in [2.75, 3.05) is 18.5 Å². The summed E-state index contributed by atoms with van der Waals surface area (Å²) >= 11 is 0.